The second-order valence-corrected chi connectivity index (χ2v) is 6.60. The maximum Gasteiger partial charge on any atom is 0.328 e. The third-order valence-corrected chi connectivity index (χ3v) is 4.32. The van der Waals surface area contributed by atoms with Crippen molar-refractivity contribution in [3.63, 3.8) is 0 Å². The Morgan fingerprint density at radius 2 is 1.52 bits per heavy atom. The largest absolute Gasteiger partial charge is 0.468 e. The maximum absolute atomic E-state index is 12.1. The number of unbranched alkanes of at least 4 members (excludes halogenated alkanes) is 2. The monoisotopic (exact) mass is 433 g/mol. The van der Waals surface area contributed by atoms with E-state index in [4.69, 9.17) is 0 Å². The van der Waals surface area contributed by atoms with Crippen molar-refractivity contribution in [3.05, 3.63) is 0 Å². The first-order valence-corrected chi connectivity index (χ1v) is 10.0. The van der Waals surface area contributed by atoms with Crippen molar-refractivity contribution in [1.82, 2.24) is 16.0 Å². The SMILES string of the molecule is CCCCCC(=O)NC(CCC(=O)NC(CS)C(=O)NCC(=O)OC)C(=O)OC. The zero-order valence-electron chi connectivity index (χ0n) is 17.1. The summed E-state index contributed by atoms with van der Waals surface area (Å²) in [5.41, 5.74) is 0. The zero-order valence-corrected chi connectivity index (χ0v) is 18.0. The van der Waals surface area contributed by atoms with Gasteiger partial charge in [-0.25, -0.2) is 4.79 Å². The minimum absolute atomic E-state index is 0.00728. The topological polar surface area (TPSA) is 140 Å². The second-order valence-electron chi connectivity index (χ2n) is 6.24. The number of ether oxygens (including phenoxy) is 2. The van der Waals surface area contributed by atoms with Crippen LogP contribution in [0.3, 0.4) is 0 Å². The molecular weight excluding hydrogens is 402 g/mol. The summed E-state index contributed by atoms with van der Waals surface area (Å²) in [5, 5.41) is 7.37. The first kappa shape index (κ1) is 26.7. The molecule has 0 saturated carbocycles. The van der Waals surface area contributed by atoms with E-state index >= 15 is 0 Å². The highest BCUT2D eigenvalue weighted by atomic mass is 32.1. The summed E-state index contributed by atoms with van der Waals surface area (Å²) in [5.74, 6) is -2.65. The van der Waals surface area contributed by atoms with Gasteiger partial charge in [0.05, 0.1) is 14.2 Å². The van der Waals surface area contributed by atoms with Crippen molar-refractivity contribution in [1.29, 1.82) is 0 Å². The molecule has 0 heterocycles. The van der Waals surface area contributed by atoms with Crippen LogP contribution in [0.1, 0.15) is 45.4 Å². The van der Waals surface area contributed by atoms with Crippen molar-refractivity contribution in [2.45, 2.75) is 57.5 Å². The van der Waals surface area contributed by atoms with E-state index in [9.17, 15) is 24.0 Å². The van der Waals surface area contributed by atoms with E-state index in [1.165, 1.54) is 14.2 Å². The average molecular weight is 434 g/mol. The van der Waals surface area contributed by atoms with Crippen LogP contribution in [-0.4, -0.2) is 68.3 Å². The number of carbonyl (C=O) groups excluding carboxylic acids is 5. The van der Waals surface area contributed by atoms with Gasteiger partial charge >= 0.3 is 11.9 Å². The molecule has 3 N–H and O–H groups in total. The fourth-order valence-corrected chi connectivity index (χ4v) is 2.54. The van der Waals surface area contributed by atoms with Gasteiger partial charge in [0.15, 0.2) is 0 Å². The van der Waals surface area contributed by atoms with E-state index in [1.807, 2.05) is 6.92 Å². The molecule has 0 bridgehead atoms. The Bertz CT molecular complexity index is 572. The van der Waals surface area contributed by atoms with Crippen LogP contribution in [0.5, 0.6) is 0 Å². The number of hydrogen-bond acceptors (Lipinski definition) is 8. The number of methoxy groups -OCH3 is 2. The van der Waals surface area contributed by atoms with Gasteiger partial charge in [-0.1, -0.05) is 19.8 Å². The number of nitrogens with one attached hydrogen (secondary N) is 3. The zero-order chi connectivity index (χ0) is 22.2. The molecule has 2 unspecified atom stereocenters. The molecule has 0 spiro atoms. The Morgan fingerprint density at radius 3 is 2.07 bits per heavy atom. The number of hydrogen-bond donors (Lipinski definition) is 4. The van der Waals surface area contributed by atoms with Crippen LogP contribution >= 0.6 is 12.6 Å². The van der Waals surface area contributed by atoms with Crippen molar-refractivity contribution in [2.24, 2.45) is 0 Å². The van der Waals surface area contributed by atoms with E-state index in [2.05, 4.69) is 38.1 Å². The first-order chi connectivity index (χ1) is 13.8. The first-order valence-electron chi connectivity index (χ1n) is 9.40. The number of thiol groups is 1. The fourth-order valence-electron chi connectivity index (χ4n) is 2.28. The van der Waals surface area contributed by atoms with Crippen LogP contribution < -0.4 is 16.0 Å². The minimum atomic E-state index is -0.962. The van der Waals surface area contributed by atoms with E-state index in [0.717, 1.165) is 12.8 Å². The molecule has 0 aliphatic rings. The molecule has 166 valence electrons. The summed E-state index contributed by atoms with van der Waals surface area (Å²) in [4.78, 5) is 59.0. The molecule has 0 fully saturated rings. The Balaban J connectivity index is 4.60. The third kappa shape index (κ3) is 12.0. The summed E-state index contributed by atoms with van der Waals surface area (Å²) in [6, 6.07) is -1.92. The molecule has 29 heavy (non-hydrogen) atoms. The number of esters is 2. The van der Waals surface area contributed by atoms with Crippen molar-refractivity contribution >= 4 is 42.3 Å². The Morgan fingerprint density at radius 1 is 0.897 bits per heavy atom. The van der Waals surface area contributed by atoms with Gasteiger partial charge in [-0.3, -0.25) is 19.2 Å². The highest BCUT2D eigenvalue weighted by Crippen LogP contribution is 2.04. The molecule has 0 aliphatic heterocycles. The smallest absolute Gasteiger partial charge is 0.328 e. The molecule has 10 nitrogen and oxygen atoms in total. The van der Waals surface area contributed by atoms with Crippen molar-refractivity contribution in [2.75, 3.05) is 26.5 Å². The normalized spacial score (nSPS) is 12.3. The minimum Gasteiger partial charge on any atom is -0.468 e. The standard InChI is InChI=1S/C18H31N3O7S/c1-4-5-6-7-14(22)20-12(18(26)28-3)8-9-15(23)21-13(11-29)17(25)19-10-16(24)27-2/h12-13,29H,4-11H2,1-3H3,(H,19,25)(H,20,22)(H,21,23). The molecular formula is C18H31N3O7S. The molecule has 3 amide bonds. The van der Waals surface area contributed by atoms with Gasteiger partial charge in [-0.15, -0.1) is 0 Å². The Kier molecular flexibility index (Phi) is 14.4. The summed E-state index contributed by atoms with van der Waals surface area (Å²) in [7, 11) is 2.38. The van der Waals surface area contributed by atoms with Crippen LogP contribution in [-0.2, 0) is 33.4 Å². The van der Waals surface area contributed by atoms with Gasteiger partial charge in [0.2, 0.25) is 17.7 Å². The number of carbonyl (C=O) groups is 5. The molecule has 0 aromatic heterocycles. The van der Waals surface area contributed by atoms with Crippen LogP contribution in [0.2, 0.25) is 0 Å². The van der Waals surface area contributed by atoms with Gasteiger partial charge in [0.1, 0.15) is 18.6 Å². The molecule has 0 radical (unpaired) electrons. The number of amides is 3. The lowest BCUT2D eigenvalue weighted by atomic mass is 10.1. The summed E-state index contributed by atoms with van der Waals surface area (Å²) >= 11 is 4.02. The van der Waals surface area contributed by atoms with Crippen LogP contribution in [0.15, 0.2) is 0 Å². The molecule has 0 aromatic carbocycles. The second kappa shape index (κ2) is 15.6. The van der Waals surface area contributed by atoms with Crippen molar-refractivity contribution < 1.29 is 33.4 Å². The van der Waals surface area contributed by atoms with Gasteiger partial charge in [0, 0.05) is 18.6 Å². The lowest BCUT2D eigenvalue weighted by molar-refractivity contribution is -0.145. The molecule has 0 saturated heterocycles. The van der Waals surface area contributed by atoms with Gasteiger partial charge in [-0.05, 0) is 12.8 Å². The molecule has 0 aromatic rings. The Labute approximate surface area is 176 Å². The average Bonchev–Trinajstić information content (AvgIpc) is 2.72. The third-order valence-electron chi connectivity index (χ3n) is 3.96. The highest BCUT2D eigenvalue weighted by molar-refractivity contribution is 7.80. The van der Waals surface area contributed by atoms with Crippen molar-refractivity contribution in [3.8, 4) is 0 Å². The summed E-state index contributed by atoms with van der Waals surface area (Å²) in [6.07, 6.45) is 2.76. The summed E-state index contributed by atoms with van der Waals surface area (Å²) in [6.45, 7) is 1.69. The summed E-state index contributed by atoms with van der Waals surface area (Å²) < 4.78 is 9.09. The van der Waals surface area contributed by atoms with Gasteiger partial charge in [-0.2, -0.15) is 12.6 Å². The van der Waals surface area contributed by atoms with Gasteiger partial charge in [0.25, 0.3) is 0 Å². The highest BCUT2D eigenvalue weighted by Gasteiger charge is 2.24. The quantitative estimate of drug-likeness (QED) is 0.168. The lowest BCUT2D eigenvalue weighted by Crippen LogP contribution is -2.49. The van der Waals surface area contributed by atoms with Gasteiger partial charge < -0.3 is 25.4 Å². The predicted octanol–water partition coefficient (Wildman–Crippen LogP) is -0.291. The molecule has 0 rings (SSSR count). The molecule has 0 aliphatic carbocycles. The molecule has 2 atom stereocenters. The van der Waals surface area contributed by atoms with E-state index in [-0.39, 0.29) is 37.5 Å². The van der Waals surface area contributed by atoms with Crippen LogP contribution in [0.25, 0.3) is 0 Å². The predicted molar refractivity (Wildman–Crippen MR) is 108 cm³/mol. The van der Waals surface area contributed by atoms with Crippen LogP contribution in [0, 0.1) is 0 Å². The van der Waals surface area contributed by atoms with E-state index in [0.29, 0.717) is 6.42 Å². The van der Waals surface area contributed by atoms with E-state index in [1.54, 1.807) is 0 Å². The number of rotatable bonds is 14. The molecule has 11 heteroatoms. The van der Waals surface area contributed by atoms with Crippen LogP contribution in [0.4, 0.5) is 0 Å². The lowest BCUT2D eigenvalue weighted by Gasteiger charge is -2.18. The fraction of sp³-hybridized carbons (Fsp3) is 0.722. The Hall–Kier alpha value is -2.30. The van der Waals surface area contributed by atoms with E-state index < -0.39 is 35.8 Å². The maximum atomic E-state index is 12.1.